The molecule has 1 aliphatic heterocycles. The van der Waals surface area contributed by atoms with Crippen LogP contribution >= 0.6 is 0 Å². The van der Waals surface area contributed by atoms with Gasteiger partial charge in [0, 0.05) is 19.1 Å². The van der Waals surface area contributed by atoms with Crippen LogP contribution in [-0.4, -0.2) is 38.0 Å². The summed E-state index contributed by atoms with van der Waals surface area (Å²) >= 11 is 0. The molecule has 1 aliphatic rings. The molecule has 0 aromatic heterocycles. The largest absolute Gasteiger partial charge is 0.392 e. The molecular weight excluding hydrogens is 141 g/mol. The molecule has 1 amide bonds. The Labute approximate surface area is 68.1 Å². The van der Waals surface area contributed by atoms with Crippen LogP contribution in [-0.2, 0) is 9.53 Å². The van der Waals surface area contributed by atoms with Gasteiger partial charge in [0.2, 0.25) is 13.9 Å². The summed E-state index contributed by atoms with van der Waals surface area (Å²) in [6.45, 7) is 3.18. The molecule has 0 bridgehead atoms. The minimum atomic E-state index is 0.0229. The van der Waals surface area contributed by atoms with Crippen molar-refractivity contribution in [2.24, 2.45) is 0 Å². The van der Waals surface area contributed by atoms with Gasteiger partial charge in [-0.05, 0) is 13.3 Å². The van der Waals surface area contributed by atoms with Crippen molar-refractivity contribution >= 4 is 13.9 Å². The average molecular weight is 153 g/mol. The Morgan fingerprint density at radius 3 is 3.00 bits per heavy atom. The second-order valence-electron chi connectivity index (χ2n) is 2.65. The number of hydrogen-bond donors (Lipinski definition) is 0. The molecule has 1 fully saturated rings. The van der Waals surface area contributed by atoms with Crippen LogP contribution in [0.2, 0.25) is 0 Å². The Hall–Kier alpha value is -0.505. The highest BCUT2D eigenvalue weighted by Gasteiger charge is 2.26. The molecule has 1 saturated heterocycles. The summed E-state index contributed by atoms with van der Waals surface area (Å²) in [6.07, 6.45) is 1.39. The predicted molar refractivity (Wildman–Crippen MR) is 42.1 cm³/mol. The zero-order valence-corrected chi connectivity index (χ0v) is 6.75. The maximum Gasteiger partial charge on any atom is 0.230 e. The van der Waals surface area contributed by atoms with E-state index in [2.05, 4.69) is 0 Å². The summed E-state index contributed by atoms with van der Waals surface area (Å²) in [5.74, 6) is 0.0229. The van der Waals surface area contributed by atoms with Gasteiger partial charge >= 0.3 is 0 Å². The second kappa shape index (κ2) is 3.76. The molecule has 60 valence electrons. The molecule has 0 aromatic carbocycles. The zero-order chi connectivity index (χ0) is 8.27. The number of carbonyl (C=O) groups is 1. The molecule has 0 saturated carbocycles. The van der Waals surface area contributed by atoms with Gasteiger partial charge in [0.05, 0.1) is 6.61 Å². The van der Waals surface area contributed by atoms with E-state index in [0.717, 1.165) is 6.42 Å². The fourth-order valence-corrected chi connectivity index (χ4v) is 1.18. The van der Waals surface area contributed by atoms with Gasteiger partial charge < -0.3 is 9.55 Å². The van der Waals surface area contributed by atoms with Crippen LogP contribution in [0.15, 0.2) is 0 Å². The first-order chi connectivity index (χ1) is 5.25. The third-order valence-electron chi connectivity index (χ3n) is 1.89. The molecule has 0 aromatic rings. The van der Waals surface area contributed by atoms with E-state index in [0.29, 0.717) is 19.6 Å². The lowest BCUT2D eigenvalue weighted by Crippen LogP contribution is -2.33. The average Bonchev–Trinajstić information content (AvgIpc) is 2.31. The van der Waals surface area contributed by atoms with E-state index in [4.69, 9.17) is 12.7 Å². The summed E-state index contributed by atoms with van der Waals surface area (Å²) in [5.41, 5.74) is 0. The van der Waals surface area contributed by atoms with E-state index >= 15 is 0 Å². The molecule has 11 heavy (non-hydrogen) atoms. The highest BCUT2D eigenvalue weighted by molar-refractivity contribution is 6.15. The molecule has 4 heteroatoms. The maximum atomic E-state index is 10.9. The van der Waals surface area contributed by atoms with Crippen molar-refractivity contribution in [3.63, 3.8) is 0 Å². The molecule has 0 spiro atoms. The second-order valence-corrected chi connectivity index (χ2v) is 2.65. The van der Waals surface area contributed by atoms with Crippen LogP contribution in [0, 0.1) is 0 Å². The van der Waals surface area contributed by atoms with Gasteiger partial charge in [-0.1, -0.05) is 0 Å². The molecule has 2 radical (unpaired) electrons. The lowest BCUT2D eigenvalue weighted by atomic mass is 10.2. The summed E-state index contributed by atoms with van der Waals surface area (Å²) in [5, 5.41) is 0. The van der Waals surface area contributed by atoms with Gasteiger partial charge in [0.15, 0.2) is 0 Å². The topological polar surface area (TPSA) is 29.5 Å². The number of rotatable bonds is 3. The van der Waals surface area contributed by atoms with E-state index in [1.807, 2.05) is 6.92 Å². The Morgan fingerprint density at radius 1 is 1.82 bits per heavy atom. The molecule has 3 nitrogen and oxygen atoms in total. The number of amides is 1. The normalized spacial score (nSPS) is 24.6. The first-order valence-electron chi connectivity index (χ1n) is 3.90. The number of carbonyl (C=O) groups excluding carboxylic acids is 1. The number of hydrogen-bond acceptors (Lipinski definition) is 2. The van der Waals surface area contributed by atoms with Crippen molar-refractivity contribution in [2.45, 2.75) is 25.8 Å². The molecule has 1 rings (SSSR count). The number of ether oxygens (including phenoxy) is 1. The van der Waals surface area contributed by atoms with Gasteiger partial charge in [-0.15, -0.1) is 0 Å². The zero-order valence-electron chi connectivity index (χ0n) is 6.75. The Bertz CT molecular complexity index is 151. The summed E-state index contributed by atoms with van der Waals surface area (Å²) < 4.78 is 5.16. The summed E-state index contributed by atoms with van der Waals surface area (Å²) in [7, 11) is 5.47. The van der Waals surface area contributed by atoms with Crippen LogP contribution in [0.5, 0.6) is 0 Å². The fraction of sp³-hybridized carbons (Fsp3) is 0.857. The molecule has 0 aliphatic carbocycles. The quantitative estimate of drug-likeness (QED) is 0.538. The third kappa shape index (κ3) is 1.96. The molecule has 1 heterocycles. The van der Waals surface area contributed by atoms with Crippen molar-refractivity contribution in [1.29, 1.82) is 0 Å². The van der Waals surface area contributed by atoms with Crippen molar-refractivity contribution < 1.29 is 9.53 Å². The van der Waals surface area contributed by atoms with Gasteiger partial charge in [-0.25, -0.2) is 0 Å². The summed E-state index contributed by atoms with van der Waals surface area (Å²) in [6, 6.07) is 0.0995. The van der Waals surface area contributed by atoms with Gasteiger partial charge in [0.25, 0.3) is 0 Å². The third-order valence-corrected chi connectivity index (χ3v) is 1.89. The standard InChI is InChI=1S/C7H12BNO2/c1-2-11-5-6-3-4-7(10)9(6)8/h6H,2-5H2,1H3/t6-/m1/s1. The van der Waals surface area contributed by atoms with Gasteiger partial charge in [0.1, 0.15) is 0 Å². The SMILES string of the molecule is [B]N1C(=O)CC[C@@H]1COCC. The van der Waals surface area contributed by atoms with E-state index in [1.165, 1.54) is 4.81 Å². The first kappa shape index (κ1) is 8.59. The van der Waals surface area contributed by atoms with Gasteiger partial charge in [-0.3, -0.25) is 4.79 Å². The van der Waals surface area contributed by atoms with Crippen molar-refractivity contribution in [3.8, 4) is 0 Å². The molecule has 0 N–H and O–H groups in total. The Kier molecular flexibility index (Phi) is 2.94. The van der Waals surface area contributed by atoms with E-state index in [-0.39, 0.29) is 11.9 Å². The van der Waals surface area contributed by atoms with Crippen LogP contribution in [0.25, 0.3) is 0 Å². The van der Waals surface area contributed by atoms with Crippen LogP contribution < -0.4 is 0 Å². The minimum Gasteiger partial charge on any atom is -0.392 e. The van der Waals surface area contributed by atoms with Crippen molar-refractivity contribution in [2.75, 3.05) is 13.2 Å². The maximum absolute atomic E-state index is 10.9. The van der Waals surface area contributed by atoms with Crippen LogP contribution in [0.1, 0.15) is 19.8 Å². The van der Waals surface area contributed by atoms with E-state index < -0.39 is 0 Å². The summed E-state index contributed by atoms with van der Waals surface area (Å²) in [4.78, 5) is 12.2. The highest BCUT2D eigenvalue weighted by atomic mass is 16.5. The van der Waals surface area contributed by atoms with E-state index in [1.54, 1.807) is 0 Å². The van der Waals surface area contributed by atoms with Crippen molar-refractivity contribution in [3.05, 3.63) is 0 Å². The van der Waals surface area contributed by atoms with Crippen LogP contribution in [0.3, 0.4) is 0 Å². The van der Waals surface area contributed by atoms with Gasteiger partial charge in [-0.2, -0.15) is 0 Å². The monoisotopic (exact) mass is 153 g/mol. The Balaban J connectivity index is 2.30. The smallest absolute Gasteiger partial charge is 0.230 e. The fourth-order valence-electron chi connectivity index (χ4n) is 1.18. The lowest BCUT2D eigenvalue weighted by molar-refractivity contribution is -0.124. The highest BCUT2D eigenvalue weighted by Crippen LogP contribution is 2.15. The van der Waals surface area contributed by atoms with Crippen LogP contribution in [0.4, 0.5) is 0 Å². The molecule has 1 atom stereocenters. The lowest BCUT2D eigenvalue weighted by Gasteiger charge is -2.19. The minimum absolute atomic E-state index is 0.0229. The predicted octanol–water partition coefficient (Wildman–Crippen LogP) is 0.0974. The van der Waals surface area contributed by atoms with E-state index in [9.17, 15) is 4.79 Å². The molecular formula is C7H12BNO2. The number of nitrogens with zero attached hydrogens (tertiary/aromatic N) is 1. The Morgan fingerprint density at radius 2 is 2.55 bits per heavy atom. The molecule has 0 unspecified atom stereocenters. The first-order valence-corrected chi connectivity index (χ1v) is 3.90. The van der Waals surface area contributed by atoms with Crippen molar-refractivity contribution in [1.82, 2.24) is 4.81 Å².